The van der Waals surface area contributed by atoms with Crippen LogP contribution in [0.4, 0.5) is 5.69 Å². The van der Waals surface area contributed by atoms with Gasteiger partial charge in [-0.15, -0.1) is 0 Å². The van der Waals surface area contributed by atoms with E-state index in [-0.39, 0.29) is 17.1 Å². The number of hydrogen-bond acceptors (Lipinski definition) is 5. The summed E-state index contributed by atoms with van der Waals surface area (Å²) in [6.45, 7) is 3.33. The van der Waals surface area contributed by atoms with Crippen molar-refractivity contribution in [1.82, 2.24) is 9.71 Å². The van der Waals surface area contributed by atoms with Crippen LogP contribution < -0.4 is 4.72 Å². The number of nitrogens with one attached hydrogen (secondary N) is 1. The summed E-state index contributed by atoms with van der Waals surface area (Å²) in [5, 5.41) is 10.9. The van der Waals surface area contributed by atoms with Crippen molar-refractivity contribution in [1.29, 1.82) is 0 Å². The molecule has 8 heteroatoms. The van der Waals surface area contributed by atoms with Gasteiger partial charge in [-0.2, -0.15) is 0 Å². The third-order valence-electron chi connectivity index (χ3n) is 3.29. The summed E-state index contributed by atoms with van der Waals surface area (Å²) in [5.74, 6) is 0. The van der Waals surface area contributed by atoms with Crippen LogP contribution >= 0.6 is 0 Å². The molecule has 0 aliphatic carbocycles. The number of aromatic nitrogens is 1. The van der Waals surface area contributed by atoms with Crippen molar-refractivity contribution >= 4 is 15.7 Å². The molecule has 0 unspecified atom stereocenters. The van der Waals surface area contributed by atoms with E-state index >= 15 is 0 Å². The van der Waals surface area contributed by atoms with E-state index in [2.05, 4.69) is 9.71 Å². The van der Waals surface area contributed by atoms with Gasteiger partial charge in [0.15, 0.2) is 0 Å². The highest BCUT2D eigenvalue weighted by Gasteiger charge is 2.22. The van der Waals surface area contributed by atoms with Gasteiger partial charge in [-0.25, -0.2) is 13.1 Å². The highest BCUT2D eigenvalue weighted by molar-refractivity contribution is 7.89. The largest absolute Gasteiger partial charge is 0.271 e. The van der Waals surface area contributed by atoms with Gasteiger partial charge >= 0.3 is 0 Å². The molecule has 0 aliphatic heterocycles. The molecule has 1 heterocycles. The Bertz CT molecular complexity index is 804. The van der Waals surface area contributed by atoms with Crippen LogP contribution in [-0.2, 0) is 16.6 Å². The zero-order valence-corrected chi connectivity index (χ0v) is 12.9. The van der Waals surface area contributed by atoms with Gasteiger partial charge in [0.25, 0.3) is 5.69 Å². The zero-order chi connectivity index (χ0) is 16.3. The number of nitro groups is 1. The predicted octanol–water partition coefficient (Wildman–Crippen LogP) is 2.09. The Hall–Kier alpha value is -2.32. The van der Waals surface area contributed by atoms with E-state index < -0.39 is 14.9 Å². The summed E-state index contributed by atoms with van der Waals surface area (Å²) >= 11 is 0. The van der Waals surface area contributed by atoms with Crippen LogP contribution in [0.3, 0.4) is 0 Å². The van der Waals surface area contributed by atoms with E-state index in [9.17, 15) is 18.5 Å². The maximum absolute atomic E-state index is 12.4. The summed E-state index contributed by atoms with van der Waals surface area (Å²) < 4.78 is 27.2. The maximum atomic E-state index is 12.4. The monoisotopic (exact) mass is 321 g/mol. The lowest BCUT2D eigenvalue weighted by atomic mass is 10.1. The first kappa shape index (κ1) is 16.1. The van der Waals surface area contributed by atoms with E-state index in [1.165, 1.54) is 6.07 Å². The van der Waals surface area contributed by atoms with Crippen LogP contribution in [0.1, 0.15) is 16.7 Å². The van der Waals surface area contributed by atoms with Crippen LogP contribution in [0.2, 0.25) is 0 Å². The van der Waals surface area contributed by atoms with E-state index in [1.54, 1.807) is 38.4 Å². The van der Waals surface area contributed by atoms with E-state index in [1.807, 2.05) is 0 Å². The zero-order valence-electron chi connectivity index (χ0n) is 12.1. The first-order valence-electron chi connectivity index (χ1n) is 6.45. The number of non-ortho nitro benzene ring substituents is 1. The Morgan fingerprint density at radius 2 is 2.05 bits per heavy atom. The lowest BCUT2D eigenvalue weighted by Crippen LogP contribution is -2.24. The van der Waals surface area contributed by atoms with E-state index in [0.717, 1.165) is 6.07 Å². The van der Waals surface area contributed by atoms with Gasteiger partial charge < -0.3 is 0 Å². The van der Waals surface area contributed by atoms with Crippen molar-refractivity contribution in [2.45, 2.75) is 25.3 Å². The molecule has 0 atom stereocenters. The van der Waals surface area contributed by atoms with Gasteiger partial charge in [0, 0.05) is 31.1 Å². The number of benzene rings is 1. The number of rotatable bonds is 5. The molecule has 0 saturated carbocycles. The third-order valence-corrected chi connectivity index (χ3v) is 4.82. The summed E-state index contributed by atoms with van der Waals surface area (Å²) in [7, 11) is -3.85. The Labute approximate surface area is 128 Å². The first-order valence-corrected chi connectivity index (χ1v) is 7.94. The highest BCUT2D eigenvalue weighted by Crippen LogP contribution is 2.25. The summed E-state index contributed by atoms with van der Waals surface area (Å²) in [5.41, 5.74) is 1.50. The van der Waals surface area contributed by atoms with E-state index in [0.29, 0.717) is 16.7 Å². The van der Waals surface area contributed by atoms with E-state index in [4.69, 9.17) is 0 Å². The van der Waals surface area contributed by atoms with Crippen LogP contribution in [0.25, 0.3) is 0 Å². The Morgan fingerprint density at radius 3 is 2.64 bits per heavy atom. The fourth-order valence-electron chi connectivity index (χ4n) is 1.95. The predicted molar refractivity (Wildman–Crippen MR) is 80.8 cm³/mol. The Balaban J connectivity index is 2.35. The Morgan fingerprint density at radius 1 is 1.32 bits per heavy atom. The molecule has 0 spiro atoms. The Kier molecular flexibility index (Phi) is 4.53. The van der Waals surface area contributed by atoms with Crippen molar-refractivity contribution in [2.24, 2.45) is 0 Å². The van der Waals surface area contributed by atoms with Gasteiger partial charge in [0.2, 0.25) is 10.0 Å². The molecule has 0 fully saturated rings. The number of sulfonamides is 1. The van der Waals surface area contributed by atoms with Gasteiger partial charge in [-0.1, -0.05) is 6.07 Å². The van der Waals surface area contributed by atoms with Crippen molar-refractivity contribution < 1.29 is 13.3 Å². The molecule has 1 N–H and O–H groups in total. The average molecular weight is 321 g/mol. The second-order valence-corrected chi connectivity index (χ2v) is 6.56. The minimum absolute atomic E-state index is 0.0668. The number of hydrogen-bond donors (Lipinski definition) is 1. The number of nitrogens with zero attached hydrogens (tertiary/aromatic N) is 2. The fourth-order valence-corrected chi connectivity index (χ4v) is 3.30. The maximum Gasteiger partial charge on any atom is 0.271 e. The fraction of sp³-hybridized carbons (Fsp3) is 0.214. The second-order valence-electron chi connectivity index (χ2n) is 4.83. The average Bonchev–Trinajstić information content (AvgIpc) is 2.48. The number of pyridine rings is 1. The minimum Gasteiger partial charge on any atom is -0.264 e. The summed E-state index contributed by atoms with van der Waals surface area (Å²) in [4.78, 5) is 14.1. The molecule has 0 saturated heterocycles. The van der Waals surface area contributed by atoms with Gasteiger partial charge in [-0.3, -0.25) is 15.1 Å². The van der Waals surface area contributed by atoms with Crippen molar-refractivity contribution in [3.8, 4) is 0 Å². The molecule has 1 aromatic heterocycles. The van der Waals surface area contributed by atoms with Crippen LogP contribution in [0.5, 0.6) is 0 Å². The molecule has 0 aliphatic rings. The van der Waals surface area contributed by atoms with Crippen molar-refractivity contribution in [2.75, 3.05) is 0 Å². The third kappa shape index (κ3) is 3.46. The highest BCUT2D eigenvalue weighted by atomic mass is 32.2. The topological polar surface area (TPSA) is 102 Å². The lowest BCUT2D eigenvalue weighted by molar-refractivity contribution is -0.385. The molecule has 0 radical (unpaired) electrons. The summed E-state index contributed by atoms with van der Waals surface area (Å²) in [6, 6.07) is 5.87. The number of nitro benzene ring substituents is 1. The molecule has 2 rings (SSSR count). The van der Waals surface area contributed by atoms with Gasteiger partial charge in [0.05, 0.1) is 9.82 Å². The van der Waals surface area contributed by atoms with Crippen molar-refractivity contribution in [3.63, 3.8) is 0 Å². The number of aryl methyl sites for hydroxylation is 1. The molecular weight excluding hydrogens is 306 g/mol. The molecular formula is C14H15N3O4S. The molecule has 1 aromatic carbocycles. The molecule has 2 aromatic rings. The van der Waals surface area contributed by atoms with Crippen LogP contribution in [0, 0.1) is 24.0 Å². The molecule has 0 bridgehead atoms. The normalized spacial score (nSPS) is 11.4. The smallest absolute Gasteiger partial charge is 0.264 e. The first-order chi connectivity index (χ1) is 10.3. The minimum atomic E-state index is -3.85. The lowest BCUT2D eigenvalue weighted by Gasteiger charge is -2.11. The summed E-state index contributed by atoms with van der Waals surface area (Å²) in [6.07, 6.45) is 3.14. The molecule has 7 nitrogen and oxygen atoms in total. The van der Waals surface area contributed by atoms with Crippen LogP contribution in [-0.4, -0.2) is 18.3 Å². The quantitative estimate of drug-likeness (QED) is 0.671. The standard InChI is InChI=1S/C14H15N3O4S/c1-10-6-13(17(18)19)7-14(11(10)2)22(20,21)16-9-12-4-3-5-15-8-12/h3-8,16H,9H2,1-2H3. The van der Waals surface area contributed by atoms with Crippen molar-refractivity contribution in [3.05, 3.63) is 63.5 Å². The molecule has 116 valence electrons. The van der Waals surface area contributed by atoms with Gasteiger partial charge in [0.1, 0.15) is 0 Å². The second kappa shape index (κ2) is 6.20. The van der Waals surface area contributed by atoms with Gasteiger partial charge in [-0.05, 0) is 36.6 Å². The van der Waals surface area contributed by atoms with Crippen LogP contribution in [0.15, 0.2) is 41.6 Å². The molecule has 22 heavy (non-hydrogen) atoms. The SMILES string of the molecule is Cc1cc([N+](=O)[O-])cc(S(=O)(=O)NCc2cccnc2)c1C. The molecule has 0 amide bonds.